The molecule has 5 heterocycles. The summed E-state index contributed by atoms with van der Waals surface area (Å²) in [6.07, 6.45) is 6.43. The molecule has 5 rings (SSSR count). The molecule has 8 bridgehead atoms. The fourth-order valence-electron chi connectivity index (χ4n) is 3.53. The third kappa shape index (κ3) is 4.55. The Morgan fingerprint density at radius 1 is 0.606 bits per heavy atom. The van der Waals surface area contributed by atoms with Gasteiger partial charge in [0.15, 0.2) is 0 Å². The number of nitrogens with one attached hydrogen (secondary N) is 2. The maximum Gasteiger partial charge on any atom is 2.00 e. The van der Waals surface area contributed by atoms with Gasteiger partial charge in [0.25, 0.3) is 0 Å². The van der Waals surface area contributed by atoms with Crippen molar-refractivity contribution in [1.82, 2.24) is 19.9 Å². The van der Waals surface area contributed by atoms with E-state index < -0.39 is 30.0 Å². The summed E-state index contributed by atoms with van der Waals surface area (Å²) in [7, 11) is -10.7. The molecule has 33 heavy (non-hydrogen) atoms. The summed E-state index contributed by atoms with van der Waals surface area (Å²) >= 11 is 0. The fourth-order valence-corrected chi connectivity index (χ4v) is 5.57. The van der Waals surface area contributed by atoms with Crippen molar-refractivity contribution in [2.75, 3.05) is 0 Å². The van der Waals surface area contributed by atoms with E-state index in [4.69, 9.17) is 0 Å². The largest absolute Gasteiger partial charge is 2.00 e. The average molecular weight is 524 g/mol. The molecule has 0 radical (unpaired) electrons. The number of hydrogen-bond donors (Lipinski definition) is 2. The molecule has 0 unspecified atom stereocenters. The monoisotopic (exact) mass is 524 g/mol. The first-order chi connectivity index (χ1) is 15.1. The molecule has 3 aromatic heterocycles. The Morgan fingerprint density at radius 2 is 0.970 bits per heavy atom. The zero-order chi connectivity index (χ0) is 22.7. The van der Waals surface area contributed by atoms with Crippen LogP contribution in [0.1, 0.15) is 22.8 Å². The number of aromatic amines is 2. The summed E-state index contributed by atoms with van der Waals surface area (Å²) in [5.74, 6) is 0. The molecular weight excluding hydrogens is 512 g/mol. The summed E-state index contributed by atoms with van der Waals surface area (Å²) in [6.45, 7) is 0. The Morgan fingerprint density at radius 3 is 1.33 bits per heavy atom. The molecule has 0 aliphatic carbocycles. The average Bonchev–Trinajstić information content (AvgIpc) is 3.43. The normalized spacial score (nSPS) is 13.2. The van der Waals surface area contributed by atoms with E-state index in [1.807, 2.05) is 12.1 Å². The molecule has 10 nitrogen and oxygen atoms in total. The minimum atomic E-state index is -5.34. The Labute approximate surface area is 198 Å². The van der Waals surface area contributed by atoms with Gasteiger partial charge in [-0.1, -0.05) is 0 Å². The summed E-state index contributed by atoms with van der Waals surface area (Å²) in [4.78, 5) is 12.1. The number of H-pyrrole nitrogens is 2. The molecule has 0 saturated carbocycles. The zero-order valence-corrected chi connectivity index (χ0v) is 19.0. The minimum Gasteiger partial charge on any atom is -0.744 e. The quantitative estimate of drug-likeness (QED) is 0.262. The first-order valence-corrected chi connectivity index (χ1v) is 11.9. The molecule has 2 N–H and O–H groups in total. The van der Waals surface area contributed by atoms with Gasteiger partial charge in [-0.05, 0) is 60.7 Å². The molecule has 2 aliphatic rings. The molecular formula is C20H12FeN4O6S2. The van der Waals surface area contributed by atoms with Crippen LogP contribution < -0.4 is 0 Å². The summed E-state index contributed by atoms with van der Waals surface area (Å²) in [5, 5.41) is 0. The van der Waals surface area contributed by atoms with Gasteiger partial charge >= 0.3 is 17.1 Å². The predicted octanol–water partition coefficient (Wildman–Crippen LogP) is 2.46. The maximum atomic E-state index is 11.9. The third-order valence-electron chi connectivity index (χ3n) is 4.75. The van der Waals surface area contributed by atoms with Crippen LogP contribution in [0.4, 0.5) is 0 Å². The van der Waals surface area contributed by atoms with E-state index in [1.165, 1.54) is 12.1 Å². The van der Waals surface area contributed by atoms with Gasteiger partial charge in [0.1, 0.15) is 20.2 Å². The van der Waals surface area contributed by atoms with Gasteiger partial charge in [-0.25, -0.2) is 26.8 Å². The fraction of sp³-hybridized carbons (Fsp3) is 0. The molecule has 0 spiro atoms. The third-order valence-corrected chi connectivity index (χ3v) is 6.73. The van der Waals surface area contributed by atoms with Gasteiger partial charge in [0.05, 0.1) is 43.6 Å². The molecule has 2 aliphatic heterocycles. The number of nitrogens with zero attached hydrogens (tertiary/aromatic N) is 2. The Balaban J connectivity index is 0.00000259. The molecule has 168 valence electrons. The van der Waals surface area contributed by atoms with E-state index in [1.54, 1.807) is 36.4 Å². The number of hydrogen-bond acceptors (Lipinski definition) is 8. The van der Waals surface area contributed by atoms with Crippen LogP contribution in [0.3, 0.4) is 0 Å². The molecule has 0 saturated heterocycles. The minimum absolute atomic E-state index is 0. The van der Waals surface area contributed by atoms with Gasteiger partial charge in [0, 0.05) is 11.0 Å². The van der Waals surface area contributed by atoms with Crippen LogP contribution in [0.2, 0.25) is 0 Å². The van der Waals surface area contributed by atoms with Crippen molar-refractivity contribution in [2.45, 2.75) is 9.79 Å². The smallest absolute Gasteiger partial charge is 0.744 e. The van der Waals surface area contributed by atoms with Crippen LogP contribution in [0.5, 0.6) is 0 Å². The molecule has 13 heteroatoms. The molecule has 0 aromatic carbocycles. The predicted molar refractivity (Wildman–Crippen MR) is 115 cm³/mol. The second kappa shape index (κ2) is 8.06. The Kier molecular flexibility index (Phi) is 5.64. The first kappa shape index (κ1) is 23.1. The van der Waals surface area contributed by atoms with Crippen LogP contribution in [-0.4, -0.2) is 45.9 Å². The van der Waals surface area contributed by atoms with Gasteiger partial charge in [-0.2, -0.15) is 0 Å². The van der Waals surface area contributed by atoms with Crippen LogP contribution >= 0.6 is 0 Å². The number of aromatic nitrogens is 4. The maximum absolute atomic E-state index is 11.9. The molecule has 0 amide bonds. The first-order valence-electron chi connectivity index (χ1n) is 9.09. The van der Waals surface area contributed by atoms with Crippen molar-refractivity contribution in [3.63, 3.8) is 0 Å². The van der Waals surface area contributed by atoms with Crippen LogP contribution in [-0.2, 0) is 37.3 Å². The molecule has 0 atom stereocenters. The Bertz CT molecular complexity index is 1610. The Hall–Kier alpha value is -3.06. The van der Waals surface area contributed by atoms with Crippen molar-refractivity contribution >= 4 is 66.6 Å². The second-order valence-electron chi connectivity index (χ2n) is 7.05. The van der Waals surface area contributed by atoms with Gasteiger partial charge in [0.2, 0.25) is 0 Å². The summed E-state index contributed by atoms with van der Waals surface area (Å²) in [5.41, 5.74) is 2.37. The zero-order valence-electron chi connectivity index (χ0n) is 16.3. The van der Waals surface area contributed by atoms with Gasteiger partial charge in [-0.3, -0.25) is 0 Å². The molecule has 0 fully saturated rings. The van der Waals surface area contributed by atoms with E-state index >= 15 is 0 Å². The van der Waals surface area contributed by atoms with Crippen molar-refractivity contribution in [3.8, 4) is 0 Å². The van der Waals surface area contributed by atoms with Crippen molar-refractivity contribution in [2.24, 2.45) is 0 Å². The van der Waals surface area contributed by atoms with Crippen molar-refractivity contribution < 1.29 is 43.0 Å². The topological polar surface area (TPSA) is 172 Å². The van der Waals surface area contributed by atoms with E-state index in [0.29, 0.717) is 11.4 Å². The van der Waals surface area contributed by atoms with E-state index in [9.17, 15) is 25.9 Å². The van der Waals surface area contributed by atoms with Crippen LogP contribution in [0.15, 0.2) is 46.2 Å². The van der Waals surface area contributed by atoms with Gasteiger partial charge in [-0.15, -0.1) is 0 Å². The summed E-state index contributed by atoms with van der Waals surface area (Å²) in [6, 6.07) is 9.58. The van der Waals surface area contributed by atoms with Crippen molar-refractivity contribution in [1.29, 1.82) is 0 Å². The van der Waals surface area contributed by atoms with Gasteiger partial charge < -0.3 is 19.1 Å². The SMILES string of the molecule is O=S(=O)([O-])c1c(S(=O)(=O)[O-])c2cc3nc(cc4ccc(cc5nc(cc1[nH]2)C=C5)[nH]4)C=C3.[Fe+2]. The standard InChI is InChI=1S/C20H14N4O6S2.Fe/c25-31(26,27)19-17-9-15-5-3-13(22-15)7-11-1-2-12(21-11)8-14-4-6-16(23-14)10-18(24-17)20(19)32(28,29)30;/h1-10,21,24H,(H,25,26,27)(H,28,29,30);/q;+2/p-2. The van der Waals surface area contributed by atoms with E-state index in [-0.39, 0.29) is 39.5 Å². The van der Waals surface area contributed by atoms with E-state index in [0.717, 1.165) is 11.0 Å². The van der Waals surface area contributed by atoms with Crippen LogP contribution in [0, 0.1) is 0 Å². The van der Waals surface area contributed by atoms with E-state index in [2.05, 4.69) is 19.9 Å². The van der Waals surface area contributed by atoms with Crippen molar-refractivity contribution in [3.05, 3.63) is 59.2 Å². The number of fused-ring (bicyclic) bond motifs is 8. The molecule has 3 aromatic rings. The van der Waals surface area contributed by atoms with Crippen LogP contribution in [0.25, 0.3) is 46.4 Å². The number of rotatable bonds is 2. The second-order valence-corrected chi connectivity index (χ2v) is 9.69. The summed E-state index contributed by atoms with van der Waals surface area (Å²) < 4.78 is 71.7.